The summed E-state index contributed by atoms with van der Waals surface area (Å²) >= 11 is 0. The molecule has 0 atom stereocenters. The molecule has 3 nitrogen and oxygen atoms in total. The first-order valence-electron chi connectivity index (χ1n) is 7.43. The van der Waals surface area contributed by atoms with E-state index in [1.807, 2.05) is 4.90 Å². The number of hydrogen-bond acceptors (Lipinski definition) is 3. The van der Waals surface area contributed by atoms with Gasteiger partial charge in [0.05, 0.1) is 0 Å². The second kappa shape index (κ2) is 5.27. The van der Waals surface area contributed by atoms with E-state index in [1.165, 1.54) is 12.1 Å². The number of benzene rings is 1. The molecule has 21 heavy (non-hydrogen) atoms. The van der Waals surface area contributed by atoms with Gasteiger partial charge in [-0.15, -0.1) is 0 Å². The van der Waals surface area contributed by atoms with Crippen LogP contribution in [0.15, 0.2) is 12.1 Å². The van der Waals surface area contributed by atoms with Crippen LogP contribution < -0.4 is 4.90 Å². The van der Waals surface area contributed by atoms with E-state index in [9.17, 15) is 8.78 Å². The summed E-state index contributed by atoms with van der Waals surface area (Å²) in [6.07, 6.45) is 2.22. The van der Waals surface area contributed by atoms with Crippen molar-refractivity contribution in [3.8, 4) is 6.07 Å². The molecule has 0 aromatic heterocycles. The molecule has 0 radical (unpaired) electrons. The Balaban J connectivity index is 1.72. The number of nitriles is 1. The molecule has 3 rings (SSSR count). The lowest BCUT2D eigenvalue weighted by molar-refractivity contribution is 0.0188. The van der Waals surface area contributed by atoms with E-state index in [2.05, 4.69) is 11.8 Å². The van der Waals surface area contributed by atoms with Crippen LogP contribution in [-0.2, 0) is 0 Å². The number of likely N-dealkylation sites (tertiary alicyclic amines) is 1. The molecule has 1 aromatic carbocycles. The molecule has 0 N–H and O–H groups in total. The Kier molecular flexibility index (Phi) is 3.58. The Morgan fingerprint density at radius 2 is 1.90 bits per heavy atom. The summed E-state index contributed by atoms with van der Waals surface area (Å²) in [5.41, 5.74) is 0.344. The normalized spacial score (nSPS) is 20.6. The molecule has 2 saturated heterocycles. The van der Waals surface area contributed by atoms with Gasteiger partial charge in [0.25, 0.3) is 0 Å². The third kappa shape index (κ3) is 2.49. The van der Waals surface area contributed by atoms with Crippen LogP contribution >= 0.6 is 0 Å². The van der Waals surface area contributed by atoms with E-state index in [0.717, 1.165) is 45.6 Å². The van der Waals surface area contributed by atoms with Gasteiger partial charge in [-0.2, -0.15) is 5.26 Å². The zero-order valence-electron chi connectivity index (χ0n) is 12.2. The van der Waals surface area contributed by atoms with Crippen LogP contribution in [0.2, 0.25) is 0 Å². The topological polar surface area (TPSA) is 30.3 Å². The fourth-order valence-electron chi connectivity index (χ4n) is 3.64. The largest absolute Gasteiger partial charge is 0.371 e. The standard InChI is InChI=1S/C16H19F2N3/c1-2-4-20-9-16(10-20)3-5-21(11-16)12-6-14(17)13(8-19)15(18)7-12/h6-7H,2-5,9-11H2,1H3. The van der Waals surface area contributed by atoms with E-state index in [0.29, 0.717) is 5.69 Å². The minimum atomic E-state index is -0.769. The number of nitrogens with zero attached hydrogens (tertiary/aromatic N) is 3. The molecule has 1 spiro atoms. The Hall–Kier alpha value is -1.67. The van der Waals surface area contributed by atoms with Gasteiger partial charge < -0.3 is 9.80 Å². The SMILES string of the molecule is CCCN1CC2(CCN(c3cc(F)c(C#N)c(F)c3)C2)C1. The maximum atomic E-state index is 13.7. The second-order valence-corrected chi connectivity index (χ2v) is 6.28. The zero-order chi connectivity index (χ0) is 15.0. The summed E-state index contributed by atoms with van der Waals surface area (Å²) in [5, 5.41) is 8.72. The summed E-state index contributed by atoms with van der Waals surface area (Å²) in [5.74, 6) is -1.54. The molecular formula is C16H19F2N3. The molecule has 2 heterocycles. The van der Waals surface area contributed by atoms with Crippen LogP contribution in [0.3, 0.4) is 0 Å². The van der Waals surface area contributed by atoms with Gasteiger partial charge in [0.15, 0.2) is 0 Å². The molecule has 1 aromatic rings. The van der Waals surface area contributed by atoms with Gasteiger partial charge in [0, 0.05) is 37.3 Å². The van der Waals surface area contributed by atoms with Crippen molar-refractivity contribution in [3.05, 3.63) is 29.3 Å². The molecule has 2 aliphatic rings. The Morgan fingerprint density at radius 3 is 2.48 bits per heavy atom. The molecule has 0 saturated carbocycles. The average molecular weight is 291 g/mol. The van der Waals surface area contributed by atoms with Crippen molar-refractivity contribution in [1.82, 2.24) is 4.90 Å². The van der Waals surface area contributed by atoms with Crippen molar-refractivity contribution < 1.29 is 8.78 Å². The third-order valence-electron chi connectivity index (χ3n) is 4.60. The van der Waals surface area contributed by atoms with Crippen LogP contribution in [-0.4, -0.2) is 37.6 Å². The van der Waals surface area contributed by atoms with Gasteiger partial charge in [0.1, 0.15) is 23.3 Å². The van der Waals surface area contributed by atoms with Gasteiger partial charge >= 0.3 is 0 Å². The summed E-state index contributed by atoms with van der Waals surface area (Å²) in [7, 11) is 0. The Labute approximate surface area is 123 Å². The first kappa shape index (κ1) is 14.3. The van der Waals surface area contributed by atoms with Crippen LogP contribution in [0.4, 0.5) is 14.5 Å². The highest BCUT2D eigenvalue weighted by Gasteiger charge is 2.47. The maximum Gasteiger partial charge on any atom is 0.146 e. The highest BCUT2D eigenvalue weighted by molar-refractivity contribution is 5.52. The van der Waals surface area contributed by atoms with Crippen molar-refractivity contribution >= 4 is 5.69 Å². The summed E-state index contributed by atoms with van der Waals surface area (Å²) < 4.78 is 27.4. The van der Waals surface area contributed by atoms with Crippen molar-refractivity contribution in [2.75, 3.05) is 37.6 Å². The lowest BCUT2D eigenvalue weighted by Crippen LogP contribution is -2.57. The lowest BCUT2D eigenvalue weighted by atomic mass is 9.79. The van der Waals surface area contributed by atoms with E-state index >= 15 is 0 Å². The first-order chi connectivity index (χ1) is 10.1. The molecule has 112 valence electrons. The van der Waals surface area contributed by atoms with Crippen LogP contribution in [0.25, 0.3) is 0 Å². The van der Waals surface area contributed by atoms with Gasteiger partial charge in [-0.05, 0) is 31.5 Å². The van der Waals surface area contributed by atoms with E-state index < -0.39 is 17.2 Å². The molecule has 0 unspecified atom stereocenters. The van der Waals surface area contributed by atoms with Gasteiger partial charge in [0.2, 0.25) is 0 Å². The summed E-state index contributed by atoms with van der Waals surface area (Å²) in [6, 6.07) is 4.13. The van der Waals surface area contributed by atoms with E-state index in [4.69, 9.17) is 5.26 Å². The van der Waals surface area contributed by atoms with Crippen LogP contribution in [0.1, 0.15) is 25.3 Å². The Bertz CT molecular complexity index is 565. The number of hydrogen-bond donors (Lipinski definition) is 0. The lowest BCUT2D eigenvalue weighted by Gasteiger charge is -2.48. The molecule has 0 bridgehead atoms. The minimum absolute atomic E-state index is 0.288. The molecule has 0 aliphatic carbocycles. The van der Waals surface area contributed by atoms with Gasteiger partial charge in [-0.25, -0.2) is 8.78 Å². The van der Waals surface area contributed by atoms with Crippen molar-refractivity contribution in [3.63, 3.8) is 0 Å². The number of anilines is 1. The van der Waals surface area contributed by atoms with Gasteiger partial charge in [-0.1, -0.05) is 6.92 Å². The highest BCUT2D eigenvalue weighted by atomic mass is 19.1. The highest BCUT2D eigenvalue weighted by Crippen LogP contribution is 2.41. The smallest absolute Gasteiger partial charge is 0.146 e. The van der Waals surface area contributed by atoms with Crippen molar-refractivity contribution in [1.29, 1.82) is 5.26 Å². The monoisotopic (exact) mass is 291 g/mol. The minimum Gasteiger partial charge on any atom is -0.371 e. The first-order valence-corrected chi connectivity index (χ1v) is 7.43. The average Bonchev–Trinajstić information content (AvgIpc) is 2.83. The zero-order valence-corrected chi connectivity index (χ0v) is 12.2. The van der Waals surface area contributed by atoms with E-state index in [-0.39, 0.29) is 5.41 Å². The second-order valence-electron chi connectivity index (χ2n) is 6.28. The Morgan fingerprint density at radius 1 is 1.24 bits per heavy atom. The number of rotatable bonds is 3. The molecule has 5 heteroatoms. The summed E-state index contributed by atoms with van der Waals surface area (Å²) in [6.45, 7) is 7.13. The molecular weight excluding hydrogens is 272 g/mol. The molecule has 0 amide bonds. The van der Waals surface area contributed by atoms with E-state index in [1.54, 1.807) is 6.07 Å². The predicted molar refractivity (Wildman–Crippen MR) is 77.1 cm³/mol. The molecule has 2 fully saturated rings. The fraction of sp³-hybridized carbons (Fsp3) is 0.562. The third-order valence-corrected chi connectivity index (χ3v) is 4.60. The predicted octanol–water partition coefficient (Wildman–Crippen LogP) is 2.76. The number of halogens is 2. The maximum absolute atomic E-state index is 13.7. The summed E-state index contributed by atoms with van der Waals surface area (Å²) in [4.78, 5) is 4.47. The van der Waals surface area contributed by atoms with Gasteiger partial charge in [-0.3, -0.25) is 0 Å². The fourth-order valence-corrected chi connectivity index (χ4v) is 3.64. The van der Waals surface area contributed by atoms with Crippen LogP contribution in [0, 0.1) is 28.4 Å². The van der Waals surface area contributed by atoms with Crippen molar-refractivity contribution in [2.45, 2.75) is 19.8 Å². The van der Waals surface area contributed by atoms with Crippen molar-refractivity contribution in [2.24, 2.45) is 5.41 Å². The quantitative estimate of drug-likeness (QED) is 0.858. The molecule has 2 aliphatic heterocycles. The van der Waals surface area contributed by atoms with Crippen LogP contribution in [0.5, 0.6) is 0 Å².